The summed E-state index contributed by atoms with van der Waals surface area (Å²) in [6.07, 6.45) is 1.94. The number of nitrogens with zero attached hydrogens (tertiary/aromatic N) is 5. The molecule has 5 aromatic rings. The summed E-state index contributed by atoms with van der Waals surface area (Å²) in [6, 6.07) is 17.6. The number of aryl methyl sites for hydroxylation is 1. The number of unbranched alkanes of at least 4 members (excludes halogenated alkanes) is 1. The Morgan fingerprint density at radius 2 is 1.55 bits per heavy atom. The Labute approximate surface area is 167 Å². The number of rotatable bonds is 4. The Bertz CT molecular complexity index is 1420. The van der Waals surface area contributed by atoms with Crippen LogP contribution in [0, 0.1) is 6.92 Å². The van der Waals surface area contributed by atoms with E-state index in [9.17, 15) is 4.79 Å². The van der Waals surface area contributed by atoms with Crippen molar-refractivity contribution in [3.63, 3.8) is 0 Å². The summed E-state index contributed by atoms with van der Waals surface area (Å²) < 4.78 is 3.71. The Kier molecular flexibility index (Phi) is 4.12. The van der Waals surface area contributed by atoms with Crippen LogP contribution in [0.5, 0.6) is 0 Å². The molecule has 0 fully saturated rings. The van der Waals surface area contributed by atoms with E-state index in [1.807, 2.05) is 66.1 Å². The molecule has 0 spiro atoms. The molecule has 6 heteroatoms. The average Bonchev–Trinajstić information content (AvgIpc) is 3.05. The van der Waals surface area contributed by atoms with E-state index in [1.54, 1.807) is 4.57 Å². The molecular weight excluding hydrogens is 362 g/mol. The van der Waals surface area contributed by atoms with Crippen LogP contribution in [0.15, 0.2) is 59.4 Å². The van der Waals surface area contributed by atoms with Crippen LogP contribution >= 0.6 is 0 Å². The zero-order chi connectivity index (χ0) is 20.0. The summed E-state index contributed by atoms with van der Waals surface area (Å²) in [4.78, 5) is 28.0. The van der Waals surface area contributed by atoms with E-state index in [0.717, 1.165) is 29.6 Å². The molecule has 0 bridgehead atoms. The van der Waals surface area contributed by atoms with E-state index in [1.165, 1.54) is 0 Å². The van der Waals surface area contributed by atoms with Gasteiger partial charge in [0.2, 0.25) is 0 Å². The SMILES string of the molecule is CCCCn1c(C)nc2c(c1=O)c1nc3ccccc3nc1n2-c1ccccc1. The van der Waals surface area contributed by atoms with Crippen molar-refractivity contribution in [2.24, 2.45) is 0 Å². The van der Waals surface area contributed by atoms with E-state index in [2.05, 4.69) is 6.92 Å². The molecular formula is C23H21N5O. The summed E-state index contributed by atoms with van der Waals surface area (Å²) >= 11 is 0. The Balaban J connectivity index is 1.98. The maximum absolute atomic E-state index is 13.5. The van der Waals surface area contributed by atoms with Gasteiger partial charge in [-0.1, -0.05) is 43.7 Å². The molecule has 144 valence electrons. The molecule has 0 aliphatic heterocycles. The van der Waals surface area contributed by atoms with Crippen molar-refractivity contribution in [3.8, 4) is 5.69 Å². The van der Waals surface area contributed by atoms with E-state index >= 15 is 0 Å². The zero-order valence-corrected chi connectivity index (χ0v) is 16.5. The normalized spacial score (nSPS) is 11.7. The number of benzene rings is 2. The average molecular weight is 383 g/mol. The van der Waals surface area contributed by atoms with Gasteiger partial charge < -0.3 is 0 Å². The van der Waals surface area contributed by atoms with Gasteiger partial charge in [0.25, 0.3) is 5.56 Å². The third-order valence-electron chi connectivity index (χ3n) is 5.30. The zero-order valence-electron chi connectivity index (χ0n) is 16.5. The minimum atomic E-state index is -0.0507. The highest BCUT2D eigenvalue weighted by molar-refractivity contribution is 6.05. The minimum Gasteiger partial charge on any atom is -0.296 e. The third-order valence-corrected chi connectivity index (χ3v) is 5.30. The molecule has 3 aromatic heterocycles. The highest BCUT2D eigenvalue weighted by atomic mass is 16.1. The first-order valence-corrected chi connectivity index (χ1v) is 9.93. The van der Waals surface area contributed by atoms with E-state index in [0.29, 0.717) is 34.6 Å². The van der Waals surface area contributed by atoms with Crippen molar-refractivity contribution >= 4 is 33.2 Å². The van der Waals surface area contributed by atoms with Crippen molar-refractivity contribution in [3.05, 3.63) is 70.8 Å². The lowest BCUT2D eigenvalue weighted by atomic mass is 10.2. The molecule has 3 heterocycles. The van der Waals surface area contributed by atoms with Gasteiger partial charge >= 0.3 is 0 Å². The topological polar surface area (TPSA) is 65.6 Å². The second kappa shape index (κ2) is 6.81. The van der Waals surface area contributed by atoms with E-state index in [4.69, 9.17) is 15.0 Å². The molecule has 6 nitrogen and oxygen atoms in total. The Hall–Kier alpha value is -3.54. The minimum absolute atomic E-state index is 0.0507. The van der Waals surface area contributed by atoms with Gasteiger partial charge in [-0.2, -0.15) is 0 Å². The third kappa shape index (κ3) is 2.71. The molecule has 29 heavy (non-hydrogen) atoms. The summed E-state index contributed by atoms with van der Waals surface area (Å²) in [5.74, 6) is 0.709. The smallest absolute Gasteiger partial charge is 0.265 e. The van der Waals surface area contributed by atoms with E-state index < -0.39 is 0 Å². The van der Waals surface area contributed by atoms with Gasteiger partial charge in [-0.3, -0.25) is 13.9 Å². The fourth-order valence-electron chi connectivity index (χ4n) is 3.83. The van der Waals surface area contributed by atoms with Crippen LogP contribution in [0.25, 0.3) is 38.9 Å². The van der Waals surface area contributed by atoms with Crippen molar-refractivity contribution in [2.45, 2.75) is 33.2 Å². The predicted octanol–water partition coefficient (Wildman–Crippen LogP) is 4.39. The first kappa shape index (κ1) is 17.6. The van der Waals surface area contributed by atoms with Crippen LogP contribution in [0.2, 0.25) is 0 Å². The molecule has 0 N–H and O–H groups in total. The van der Waals surface area contributed by atoms with Crippen LogP contribution < -0.4 is 5.56 Å². The van der Waals surface area contributed by atoms with Crippen molar-refractivity contribution < 1.29 is 0 Å². The predicted molar refractivity (Wildman–Crippen MR) is 116 cm³/mol. The molecule has 0 atom stereocenters. The standard InChI is InChI=1S/C23H21N5O/c1-3-4-14-27-15(2)24-21-19(23(27)29)20-22(28(21)16-10-6-5-7-11-16)26-18-13-9-8-12-17(18)25-20/h5-13H,3-4,14H2,1-2H3. The van der Waals surface area contributed by atoms with Crippen LogP contribution in [-0.4, -0.2) is 24.1 Å². The van der Waals surface area contributed by atoms with Crippen molar-refractivity contribution in [2.75, 3.05) is 0 Å². The van der Waals surface area contributed by atoms with E-state index in [-0.39, 0.29) is 5.56 Å². The Morgan fingerprint density at radius 3 is 2.28 bits per heavy atom. The maximum atomic E-state index is 13.5. The number of hydrogen-bond acceptors (Lipinski definition) is 4. The first-order valence-electron chi connectivity index (χ1n) is 9.93. The van der Waals surface area contributed by atoms with Gasteiger partial charge in [0, 0.05) is 12.2 Å². The molecule has 0 amide bonds. The number of para-hydroxylation sites is 3. The summed E-state index contributed by atoms with van der Waals surface area (Å²) in [7, 11) is 0. The molecule has 0 unspecified atom stereocenters. The van der Waals surface area contributed by atoms with Crippen molar-refractivity contribution in [1.82, 2.24) is 24.1 Å². The van der Waals surface area contributed by atoms with Crippen molar-refractivity contribution in [1.29, 1.82) is 0 Å². The largest absolute Gasteiger partial charge is 0.296 e. The van der Waals surface area contributed by atoms with Crippen LogP contribution in [0.1, 0.15) is 25.6 Å². The van der Waals surface area contributed by atoms with Crippen LogP contribution in [-0.2, 0) is 6.54 Å². The summed E-state index contributed by atoms with van der Waals surface area (Å²) in [5.41, 5.74) is 4.29. The summed E-state index contributed by atoms with van der Waals surface area (Å²) in [6.45, 7) is 4.66. The van der Waals surface area contributed by atoms with Gasteiger partial charge in [0.15, 0.2) is 11.3 Å². The molecule has 0 saturated heterocycles. The molecule has 0 saturated carbocycles. The van der Waals surface area contributed by atoms with Gasteiger partial charge in [-0.05, 0) is 37.6 Å². The number of fused-ring (bicyclic) bond motifs is 4. The monoisotopic (exact) mass is 383 g/mol. The Morgan fingerprint density at radius 1 is 0.862 bits per heavy atom. The molecule has 2 aromatic carbocycles. The highest BCUT2D eigenvalue weighted by Gasteiger charge is 2.21. The van der Waals surface area contributed by atoms with Gasteiger partial charge in [0.1, 0.15) is 16.7 Å². The maximum Gasteiger partial charge on any atom is 0.265 e. The van der Waals surface area contributed by atoms with Gasteiger partial charge in [-0.25, -0.2) is 15.0 Å². The highest BCUT2D eigenvalue weighted by Crippen LogP contribution is 2.28. The molecule has 0 aliphatic rings. The molecule has 5 rings (SSSR count). The molecule has 0 aliphatic carbocycles. The van der Waals surface area contributed by atoms with Crippen LogP contribution in [0.3, 0.4) is 0 Å². The van der Waals surface area contributed by atoms with Gasteiger partial charge in [-0.15, -0.1) is 0 Å². The fraction of sp³-hybridized carbons (Fsp3) is 0.217. The number of aromatic nitrogens is 5. The lowest BCUT2D eigenvalue weighted by Crippen LogP contribution is -2.24. The fourth-order valence-corrected chi connectivity index (χ4v) is 3.83. The van der Waals surface area contributed by atoms with Crippen LogP contribution in [0.4, 0.5) is 0 Å². The lowest BCUT2D eigenvalue weighted by Gasteiger charge is -2.10. The second-order valence-electron chi connectivity index (χ2n) is 7.22. The molecule has 0 radical (unpaired) electrons. The number of hydrogen-bond donors (Lipinski definition) is 0. The van der Waals surface area contributed by atoms with Gasteiger partial charge in [0.05, 0.1) is 11.0 Å². The second-order valence-corrected chi connectivity index (χ2v) is 7.22. The summed E-state index contributed by atoms with van der Waals surface area (Å²) in [5, 5.41) is 0.531. The quantitative estimate of drug-likeness (QED) is 0.462. The first-order chi connectivity index (χ1) is 14.2. The lowest BCUT2D eigenvalue weighted by molar-refractivity contribution is 0.591.